The van der Waals surface area contributed by atoms with Crippen molar-refractivity contribution < 1.29 is 4.74 Å². The molecule has 0 unspecified atom stereocenters. The van der Waals surface area contributed by atoms with Gasteiger partial charge in [-0.15, -0.1) is 0 Å². The number of hydrogen-bond acceptors (Lipinski definition) is 2. The zero-order valence-electron chi connectivity index (χ0n) is 12.3. The smallest absolute Gasteiger partial charge is 0.119 e. The summed E-state index contributed by atoms with van der Waals surface area (Å²) >= 11 is 0. The Labute approximate surface area is 117 Å². The molecule has 1 N–H and O–H groups in total. The van der Waals surface area contributed by atoms with Crippen molar-refractivity contribution in [3.8, 4) is 5.75 Å². The highest BCUT2D eigenvalue weighted by Crippen LogP contribution is 2.29. The number of methoxy groups -OCH3 is 1. The summed E-state index contributed by atoms with van der Waals surface area (Å²) in [5.74, 6) is 2.86. The molecule has 2 heteroatoms. The van der Waals surface area contributed by atoms with Crippen LogP contribution in [0.4, 0.5) is 0 Å². The summed E-state index contributed by atoms with van der Waals surface area (Å²) in [5.41, 5.74) is 1.30. The maximum absolute atomic E-state index is 5.24. The van der Waals surface area contributed by atoms with E-state index in [1.807, 2.05) is 6.07 Å². The van der Waals surface area contributed by atoms with E-state index in [0.717, 1.165) is 30.7 Å². The SMILES string of the molecule is COc1cccc(CNCCC2CCC(C)CC2)c1. The molecule has 1 fully saturated rings. The molecule has 2 nitrogen and oxygen atoms in total. The van der Waals surface area contributed by atoms with Crippen LogP contribution >= 0.6 is 0 Å². The quantitative estimate of drug-likeness (QED) is 0.781. The van der Waals surface area contributed by atoms with Crippen LogP contribution in [0.15, 0.2) is 24.3 Å². The van der Waals surface area contributed by atoms with E-state index in [4.69, 9.17) is 4.74 Å². The van der Waals surface area contributed by atoms with E-state index in [1.165, 1.54) is 37.7 Å². The van der Waals surface area contributed by atoms with Gasteiger partial charge in [-0.1, -0.05) is 44.7 Å². The summed E-state index contributed by atoms with van der Waals surface area (Å²) in [7, 11) is 1.72. The molecule has 1 aromatic carbocycles. The monoisotopic (exact) mass is 261 g/mol. The number of nitrogens with one attached hydrogen (secondary N) is 1. The number of ether oxygens (including phenoxy) is 1. The van der Waals surface area contributed by atoms with Crippen molar-refractivity contribution in [2.75, 3.05) is 13.7 Å². The van der Waals surface area contributed by atoms with E-state index < -0.39 is 0 Å². The Kier molecular flexibility index (Phi) is 5.71. The van der Waals surface area contributed by atoms with Crippen molar-refractivity contribution in [2.24, 2.45) is 11.8 Å². The standard InChI is InChI=1S/C17H27NO/c1-14-6-8-15(9-7-14)10-11-18-13-16-4-3-5-17(12-16)19-2/h3-5,12,14-15,18H,6-11,13H2,1-2H3. The molecule has 1 aliphatic rings. The molecule has 1 aromatic rings. The van der Waals surface area contributed by atoms with Crippen molar-refractivity contribution in [1.29, 1.82) is 0 Å². The first-order chi connectivity index (χ1) is 9.28. The molecular formula is C17H27NO. The Bertz CT molecular complexity index is 369. The largest absolute Gasteiger partial charge is 0.497 e. The number of hydrogen-bond donors (Lipinski definition) is 1. The second-order valence-electron chi connectivity index (χ2n) is 5.94. The molecule has 106 valence electrons. The molecule has 0 bridgehead atoms. The molecule has 1 aliphatic carbocycles. The Morgan fingerprint density at radius 2 is 2.00 bits per heavy atom. The molecule has 0 amide bonds. The lowest BCUT2D eigenvalue weighted by atomic mass is 9.81. The molecule has 0 heterocycles. The molecule has 0 atom stereocenters. The van der Waals surface area contributed by atoms with Crippen LogP contribution in [0, 0.1) is 11.8 Å². The minimum atomic E-state index is 0.945. The first-order valence-corrected chi connectivity index (χ1v) is 7.61. The van der Waals surface area contributed by atoms with Crippen molar-refractivity contribution in [2.45, 2.75) is 45.6 Å². The van der Waals surface area contributed by atoms with Gasteiger partial charge in [0.25, 0.3) is 0 Å². The Hall–Kier alpha value is -1.02. The fraction of sp³-hybridized carbons (Fsp3) is 0.647. The van der Waals surface area contributed by atoms with Crippen LogP contribution < -0.4 is 10.1 Å². The zero-order chi connectivity index (χ0) is 13.5. The number of benzene rings is 1. The van der Waals surface area contributed by atoms with Gasteiger partial charge in [-0.05, 0) is 42.5 Å². The summed E-state index contributed by atoms with van der Waals surface area (Å²) < 4.78 is 5.24. The van der Waals surface area contributed by atoms with Gasteiger partial charge in [0.1, 0.15) is 5.75 Å². The van der Waals surface area contributed by atoms with Crippen LogP contribution in [0.2, 0.25) is 0 Å². The van der Waals surface area contributed by atoms with Crippen LogP contribution in [-0.4, -0.2) is 13.7 Å². The van der Waals surface area contributed by atoms with Gasteiger partial charge in [-0.25, -0.2) is 0 Å². The minimum Gasteiger partial charge on any atom is -0.497 e. The Morgan fingerprint density at radius 1 is 1.21 bits per heavy atom. The lowest BCUT2D eigenvalue weighted by molar-refractivity contribution is 0.275. The molecular weight excluding hydrogens is 234 g/mol. The van der Waals surface area contributed by atoms with E-state index in [1.54, 1.807) is 7.11 Å². The highest BCUT2D eigenvalue weighted by Gasteiger charge is 2.17. The maximum atomic E-state index is 5.24. The normalized spacial score (nSPS) is 23.3. The van der Waals surface area contributed by atoms with Crippen molar-refractivity contribution in [3.05, 3.63) is 29.8 Å². The second-order valence-corrected chi connectivity index (χ2v) is 5.94. The highest BCUT2D eigenvalue weighted by atomic mass is 16.5. The summed E-state index contributed by atoms with van der Waals surface area (Å²) in [4.78, 5) is 0. The molecule has 0 aromatic heterocycles. The van der Waals surface area contributed by atoms with Gasteiger partial charge in [0.15, 0.2) is 0 Å². The van der Waals surface area contributed by atoms with Gasteiger partial charge in [-0.2, -0.15) is 0 Å². The molecule has 0 spiro atoms. The van der Waals surface area contributed by atoms with Gasteiger partial charge in [0, 0.05) is 6.54 Å². The molecule has 0 radical (unpaired) electrons. The van der Waals surface area contributed by atoms with Crippen molar-refractivity contribution in [3.63, 3.8) is 0 Å². The van der Waals surface area contributed by atoms with E-state index in [-0.39, 0.29) is 0 Å². The fourth-order valence-electron chi connectivity index (χ4n) is 2.94. The van der Waals surface area contributed by atoms with Crippen molar-refractivity contribution >= 4 is 0 Å². The van der Waals surface area contributed by atoms with Gasteiger partial charge in [0.2, 0.25) is 0 Å². The van der Waals surface area contributed by atoms with Crippen LogP contribution in [0.3, 0.4) is 0 Å². The molecule has 19 heavy (non-hydrogen) atoms. The summed E-state index contributed by atoms with van der Waals surface area (Å²) in [6.45, 7) is 4.47. The topological polar surface area (TPSA) is 21.3 Å². The summed E-state index contributed by atoms with van der Waals surface area (Å²) in [6, 6.07) is 8.30. The predicted molar refractivity (Wildman–Crippen MR) is 80.4 cm³/mol. The molecule has 0 saturated heterocycles. The lowest BCUT2D eigenvalue weighted by Crippen LogP contribution is -2.20. The van der Waals surface area contributed by atoms with Gasteiger partial charge >= 0.3 is 0 Å². The Morgan fingerprint density at radius 3 is 2.74 bits per heavy atom. The predicted octanol–water partition coefficient (Wildman–Crippen LogP) is 4.00. The average Bonchev–Trinajstić information content (AvgIpc) is 2.46. The first-order valence-electron chi connectivity index (χ1n) is 7.61. The van der Waals surface area contributed by atoms with Gasteiger partial charge in [-0.3, -0.25) is 0 Å². The molecule has 2 rings (SSSR count). The zero-order valence-corrected chi connectivity index (χ0v) is 12.3. The highest BCUT2D eigenvalue weighted by molar-refractivity contribution is 5.28. The van der Waals surface area contributed by atoms with E-state index in [0.29, 0.717) is 0 Å². The first kappa shape index (κ1) is 14.4. The number of rotatable bonds is 6. The van der Waals surface area contributed by atoms with Crippen LogP contribution in [-0.2, 0) is 6.54 Å². The maximum Gasteiger partial charge on any atom is 0.119 e. The third kappa shape index (κ3) is 4.87. The fourth-order valence-corrected chi connectivity index (χ4v) is 2.94. The average molecular weight is 261 g/mol. The van der Waals surface area contributed by atoms with E-state index >= 15 is 0 Å². The van der Waals surface area contributed by atoms with Gasteiger partial charge in [0.05, 0.1) is 7.11 Å². The van der Waals surface area contributed by atoms with Gasteiger partial charge < -0.3 is 10.1 Å². The van der Waals surface area contributed by atoms with Crippen LogP contribution in [0.5, 0.6) is 5.75 Å². The third-order valence-corrected chi connectivity index (χ3v) is 4.33. The van der Waals surface area contributed by atoms with Crippen LogP contribution in [0.1, 0.15) is 44.6 Å². The third-order valence-electron chi connectivity index (χ3n) is 4.33. The molecule has 1 saturated carbocycles. The Balaban J connectivity index is 1.63. The van der Waals surface area contributed by atoms with E-state index in [2.05, 4.69) is 30.4 Å². The molecule has 0 aliphatic heterocycles. The summed E-state index contributed by atoms with van der Waals surface area (Å²) in [6.07, 6.45) is 7.06. The second kappa shape index (κ2) is 7.54. The van der Waals surface area contributed by atoms with Crippen LogP contribution in [0.25, 0.3) is 0 Å². The lowest BCUT2D eigenvalue weighted by Gasteiger charge is -2.26. The van der Waals surface area contributed by atoms with Crippen molar-refractivity contribution in [1.82, 2.24) is 5.32 Å². The minimum absolute atomic E-state index is 0.945. The van der Waals surface area contributed by atoms with E-state index in [9.17, 15) is 0 Å². The summed E-state index contributed by atoms with van der Waals surface area (Å²) in [5, 5.41) is 3.56.